The first-order chi connectivity index (χ1) is 22.2. The van der Waals surface area contributed by atoms with Gasteiger partial charge < -0.3 is 9.97 Å². The maximum atomic E-state index is 4.63. The molecule has 0 aliphatic heterocycles. The Balaban J connectivity index is 0.000000241. The van der Waals surface area contributed by atoms with Crippen LogP contribution < -0.4 is 0 Å². The zero-order valence-electron chi connectivity index (χ0n) is 25.1. The van der Waals surface area contributed by atoms with Crippen molar-refractivity contribution in [3.05, 3.63) is 170 Å². The molecule has 0 aliphatic carbocycles. The molecule has 0 amide bonds. The molecule has 4 aromatic carbocycles. The maximum absolute atomic E-state index is 4.63. The Morgan fingerprint density at radius 1 is 0.522 bits per heavy atom. The Morgan fingerprint density at radius 2 is 1.17 bits per heavy atom. The molecule has 0 bridgehead atoms. The van der Waals surface area contributed by atoms with Gasteiger partial charge in [0.05, 0.1) is 5.52 Å². The van der Waals surface area contributed by atoms with E-state index in [4.69, 9.17) is 0 Å². The van der Waals surface area contributed by atoms with E-state index in [0.29, 0.717) is 0 Å². The number of aryl methyl sites for hydroxylation is 1. The first kappa shape index (κ1) is 30.7. The predicted octanol–water partition coefficient (Wildman–Crippen LogP) is 9.83. The molecule has 0 N–H and O–H groups in total. The average Bonchev–Trinajstić information content (AvgIpc) is 3.13. The first-order valence-corrected chi connectivity index (χ1v) is 14.8. The third-order valence-electron chi connectivity index (χ3n) is 7.74. The Labute approximate surface area is 282 Å². The van der Waals surface area contributed by atoms with Crippen molar-refractivity contribution >= 4 is 21.7 Å². The van der Waals surface area contributed by atoms with Crippen molar-refractivity contribution < 1.29 is 20.1 Å². The smallest absolute Gasteiger partial charge is 0.0714 e. The van der Waals surface area contributed by atoms with Gasteiger partial charge in [0.15, 0.2) is 0 Å². The van der Waals surface area contributed by atoms with E-state index in [2.05, 4.69) is 87.5 Å². The van der Waals surface area contributed by atoms with Gasteiger partial charge in [-0.1, -0.05) is 67.1 Å². The molecular weight excluding hydrogens is 741 g/mol. The Bertz CT molecular complexity index is 2180. The summed E-state index contributed by atoms with van der Waals surface area (Å²) in [5.41, 5.74) is 10.4. The summed E-state index contributed by atoms with van der Waals surface area (Å²) in [5.74, 6) is 0. The van der Waals surface area contributed by atoms with Gasteiger partial charge in [0.2, 0.25) is 0 Å². The van der Waals surface area contributed by atoms with Crippen LogP contribution in [0.15, 0.2) is 152 Å². The van der Waals surface area contributed by atoms with Gasteiger partial charge in [-0.25, -0.2) is 0 Å². The monoisotopic (exact) mass is 769 g/mol. The quantitative estimate of drug-likeness (QED) is 0.132. The van der Waals surface area contributed by atoms with Crippen LogP contribution in [0.2, 0.25) is 0 Å². The minimum atomic E-state index is 0. The zero-order chi connectivity index (χ0) is 30.4. The van der Waals surface area contributed by atoms with Gasteiger partial charge >= 0.3 is 0 Å². The van der Waals surface area contributed by atoms with E-state index < -0.39 is 0 Å². The molecule has 46 heavy (non-hydrogen) atoms. The predicted molar refractivity (Wildman–Crippen MR) is 183 cm³/mol. The van der Waals surface area contributed by atoms with Gasteiger partial charge in [-0.3, -0.25) is 9.97 Å². The standard InChI is InChI=1S/C30H20N3.C11H8N.Ir/c1-20-11-12-21(29-10-4-5-13-32-29)16-27(20)22-15-23(19-31-18-22)28-17-30-26(9-6-14-33-30)24-7-2-3-8-25(24)28;1-2-6-10(7-3-1)11-8-4-5-9-12-11;/h2-11,13-19H,1H3;1-6,8-9H;/q2*-1;. The normalized spacial score (nSPS) is 10.5. The van der Waals surface area contributed by atoms with Crippen LogP contribution in [0.4, 0.5) is 0 Å². The molecule has 4 nitrogen and oxygen atoms in total. The van der Waals surface area contributed by atoms with E-state index in [1.807, 2.05) is 97.6 Å². The van der Waals surface area contributed by atoms with Gasteiger partial charge in [-0.15, -0.1) is 65.2 Å². The molecule has 0 saturated carbocycles. The van der Waals surface area contributed by atoms with Crippen molar-refractivity contribution in [2.45, 2.75) is 6.92 Å². The third-order valence-corrected chi connectivity index (χ3v) is 7.74. The van der Waals surface area contributed by atoms with E-state index in [-0.39, 0.29) is 20.1 Å². The van der Waals surface area contributed by atoms with Crippen LogP contribution in [-0.4, -0.2) is 19.9 Å². The van der Waals surface area contributed by atoms with Crippen molar-refractivity contribution in [1.82, 2.24) is 19.9 Å². The van der Waals surface area contributed by atoms with Crippen molar-refractivity contribution in [3.8, 4) is 44.8 Å². The van der Waals surface area contributed by atoms with Crippen LogP contribution in [0.1, 0.15) is 5.56 Å². The number of fused-ring (bicyclic) bond motifs is 3. The van der Waals surface area contributed by atoms with Crippen LogP contribution >= 0.6 is 0 Å². The number of hydrogen-bond donors (Lipinski definition) is 0. The van der Waals surface area contributed by atoms with Crippen LogP contribution in [0.5, 0.6) is 0 Å². The molecule has 0 fully saturated rings. The number of benzene rings is 4. The molecule has 0 unspecified atom stereocenters. The second-order valence-electron chi connectivity index (χ2n) is 10.7. The molecule has 8 rings (SSSR count). The van der Waals surface area contributed by atoms with Gasteiger partial charge in [-0.05, 0) is 63.6 Å². The second kappa shape index (κ2) is 14.2. The molecule has 5 heteroatoms. The fourth-order valence-corrected chi connectivity index (χ4v) is 5.52. The number of hydrogen-bond acceptors (Lipinski definition) is 4. The first-order valence-electron chi connectivity index (χ1n) is 14.8. The van der Waals surface area contributed by atoms with E-state index >= 15 is 0 Å². The third kappa shape index (κ3) is 6.52. The van der Waals surface area contributed by atoms with E-state index in [1.165, 1.54) is 10.8 Å². The Morgan fingerprint density at radius 3 is 1.89 bits per heavy atom. The Kier molecular flexibility index (Phi) is 9.45. The van der Waals surface area contributed by atoms with Crippen molar-refractivity contribution in [2.75, 3.05) is 0 Å². The maximum Gasteiger partial charge on any atom is 0.0714 e. The summed E-state index contributed by atoms with van der Waals surface area (Å²) in [5, 5.41) is 3.56. The topological polar surface area (TPSA) is 51.6 Å². The van der Waals surface area contributed by atoms with Crippen molar-refractivity contribution in [3.63, 3.8) is 0 Å². The largest absolute Gasteiger partial charge is 0.305 e. The van der Waals surface area contributed by atoms with Crippen LogP contribution in [0.3, 0.4) is 0 Å². The number of pyridine rings is 4. The average molecular weight is 769 g/mol. The van der Waals surface area contributed by atoms with Crippen LogP contribution in [0, 0.1) is 19.1 Å². The molecule has 223 valence electrons. The van der Waals surface area contributed by atoms with Gasteiger partial charge in [0.25, 0.3) is 0 Å². The SMILES string of the molecule is Cc1c[c-]c(-c2ccccn2)cc1-c1cncc(-c2cc3ncccc3c3ccccc23)c1.[Ir].[c-]1ccccc1-c1ccccn1. The summed E-state index contributed by atoms with van der Waals surface area (Å²) < 4.78 is 0. The minimum absolute atomic E-state index is 0. The number of rotatable bonds is 4. The molecule has 0 aliphatic rings. The van der Waals surface area contributed by atoms with Gasteiger partial charge in [-0.2, -0.15) is 0 Å². The van der Waals surface area contributed by atoms with Gasteiger partial charge in [0.1, 0.15) is 0 Å². The summed E-state index contributed by atoms with van der Waals surface area (Å²) >= 11 is 0. The Hall–Kier alpha value is -5.35. The summed E-state index contributed by atoms with van der Waals surface area (Å²) in [6, 6.07) is 47.3. The minimum Gasteiger partial charge on any atom is -0.305 e. The molecule has 8 aromatic rings. The fraction of sp³-hybridized carbons (Fsp3) is 0.0244. The summed E-state index contributed by atoms with van der Waals surface area (Å²) in [6.45, 7) is 2.11. The number of aromatic nitrogens is 4. The van der Waals surface area contributed by atoms with Crippen molar-refractivity contribution in [2.24, 2.45) is 0 Å². The van der Waals surface area contributed by atoms with Crippen LogP contribution in [-0.2, 0) is 20.1 Å². The van der Waals surface area contributed by atoms with E-state index in [1.54, 1.807) is 6.20 Å². The molecule has 0 spiro atoms. The summed E-state index contributed by atoms with van der Waals surface area (Å²) in [7, 11) is 0. The van der Waals surface area contributed by atoms with Crippen LogP contribution in [0.25, 0.3) is 66.4 Å². The number of nitrogens with zero attached hydrogens (tertiary/aromatic N) is 4. The van der Waals surface area contributed by atoms with Gasteiger partial charge in [0, 0.05) is 62.0 Å². The summed E-state index contributed by atoms with van der Waals surface area (Å²) in [4.78, 5) is 18.0. The fourth-order valence-electron chi connectivity index (χ4n) is 5.52. The molecule has 0 saturated heterocycles. The molecule has 1 radical (unpaired) electrons. The molecule has 4 heterocycles. The molecule has 0 atom stereocenters. The van der Waals surface area contributed by atoms with E-state index in [0.717, 1.165) is 61.2 Å². The summed E-state index contributed by atoms with van der Waals surface area (Å²) in [6.07, 6.45) is 9.30. The molecular formula is C41H28IrN4-2. The second-order valence-corrected chi connectivity index (χ2v) is 10.7. The molecule has 4 aromatic heterocycles. The van der Waals surface area contributed by atoms with Crippen molar-refractivity contribution in [1.29, 1.82) is 0 Å². The van der Waals surface area contributed by atoms with E-state index in [9.17, 15) is 0 Å². The zero-order valence-corrected chi connectivity index (χ0v) is 27.5.